The zero-order chi connectivity index (χ0) is 70.4. The van der Waals surface area contributed by atoms with Crippen LogP contribution < -0.4 is 30.1 Å². The lowest BCUT2D eigenvalue weighted by Crippen LogP contribution is -2.74. The molecule has 12 aromatic rings. The summed E-state index contributed by atoms with van der Waals surface area (Å²) in [5.41, 5.74) is 8.60. The van der Waals surface area contributed by atoms with E-state index in [1.165, 1.54) is 0 Å². The molecule has 0 saturated carbocycles. The average Bonchev–Trinajstić information content (AvgIpc) is 0.890. The third kappa shape index (κ3) is 9.77. The van der Waals surface area contributed by atoms with Gasteiger partial charge in [-0.1, -0.05) is 253 Å². The highest BCUT2D eigenvalue weighted by Crippen LogP contribution is 2.40. The molecule has 0 bridgehead atoms. The van der Waals surface area contributed by atoms with Gasteiger partial charge in [0.05, 0.1) is 54.0 Å². The van der Waals surface area contributed by atoms with Crippen molar-refractivity contribution in [2.24, 2.45) is 0 Å². The standard InChI is InChI=1S/C76H74N4OSi/c1-73(2,3)53-42-43-77-71(47-53)80-67-37-23-22-34-64(67)65-40-38-58(49-69(65)80)81-57-27-24-26-56(48-57)78-51-79(72-63(35-25-36-66(72)76(10,11)12)52-44-54(74(4,5)6)46-55(45-52)75(7,8)9)68-41-39-62(50-70(68)78)82(59-28-16-13-17-29-59,60-30-18-14-19-31-60)61-32-20-15-21-33-61/h13-50H,1-12H3/i13D,14D,15D,16D,17D,18D,19D,20D,21D,28D,29D,30D,31D,32D,33D. The van der Waals surface area contributed by atoms with Gasteiger partial charge >= 0.3 is 0 Å². The number of benzene rings is 9. The summed E-state index contributed by atoms with van der Waals surface area (Å²) < 4.78 is 154. The maximum Gasteiger partial charge on any atom is 0.269 e. The molecule has 0 saturated heterocycles. The van der Waals surface area contributed by atoms with Gasteiger partial charge in [-0.05, 0) is 124 Å². The van der Waals surface area contributed by atoms with Crippen LogP contribution in [0.1, 0.15) is 126 Å². The van der Waals surface area contributed by atoms with Crippen LogP contribution in [0.2, 0.25) is 0 Å². The van der Waals surface area contributed by atoms with Gasteiger partial charge < -0.3 is 4.74 Å². The van der Waals surface area contributed by atoms with E-state index in [4.69, 9.17) is 13.8 Å². The highest BCUT2D eigenvalue weighted by atomic mass is 28.3. The second-order valence-corrected chi connectivity index (χ2v) is 28.8. The van der Waals surface area contributed by atoms with Crippen molar-refractivity contribution in [3.63, 3.8) is 0 Å². The summed E-state index contributed by atoms with van der Waals surface area (Å²) in [6.45, 7) is 26.0. The fourth-order valence-electron chi connectivity index (χ4n) is 11.2. The summed E-state index contributed by atoms with van der Waals surface area (Å²) in [5, 5.41) is 0.180. The van der Waals surface area contributed by atoms with E-state index in [0.29, 0.717) is 28.2 Å². The normalized spacial score (nSPS) is 15.2. The molecule has 0 spiro atoms. The molecule has 6 heteroatoms. The number of rotatable bonds is 10. The predicted octanol–water partition coefficient (Wildman–Crippen LogP) is 16.2. The summed E-state index contributed by atoms with van der Waals surface area (Å²) >= 11 is 0. The molecule has 5 nitrogen and oxygen atoms in total. The van der Waals surface area contributed by atoms with Crippen molar-refractivity contribution in [2.45, 2.75) is 105 Å². The molecule has 9 aromatic carbocycles. The predicted molar refractivity (Wildman–Crippen MR) is 346 cm³/mol. The molecular formula is C76H74N4OSi. The van der Waals surface area contributed by atoms with E-state index in [2.05, 4.69) is 143 Å². The van der Waals surface area contributed by atoms with Crippen molar-refractivity contribution in [1.82, 2.24) is 14.1 Å². The fraction of sp³-hybridized carbons (Fsp3) is 0.211. The third-order valence-corrected chi connectivity index (χ3v) is 19.7. The molecule has 0 radical (unpaired) electrons. The first-order valence-electron chi connectivity index (χ1n) is 35.2. The number of hydrogen-bond acceptors (Lipinski definition) is 2. The van der Waals surface area contributed by atoms with Crippen LogP contribution in [-0.4, -0.2) is 22.2 Å². The summed E-state index contributed by atoms with van der Waals surface area (Å²) in [6, 6.07) is 30.6. The molecule has 408 valence electrons. The SMILES string of the molecule is [2H]c1c([2H])c([2H])c([Si](c2ccc3c(c2)n(-c2cccc(Oc4ccc5c6ccccc6n(-c6cc(C(C)(C)C)ccn6)c5c4)c2)[c-][n+]3-c2c(-c3cc(C(C)(C)C)cc(C(C)(C)C)c3)cccc2C(C)(C)C)(c2c([2H])c([2H])c([2H])c([2H])c2[2H])c2c([2H])c([2H])c([2H])c([2H])c2[2H])c([2H])c1[2H]. The second-order valence-electron chi connectivity index (χ2n) is 25.3. The number of nitrogens with zero attached hydrogens (tertiary/aromatic N) is 4. The average molecular weight is 1100 g/mol. The van der Waals surface area contributed by atoms with Gasteiger partial charge in [-0.25, -0.2) is 4.98 Å². The quantitative estimate of drug-likeness (QED) is 0.0592. The summed E-state index contributed by atoms with van der Waals surface area (Å²) in [7, 11) is -5.59. The molecule has 12 rings (SSSR count). The van der Waals surface area contributed by atoms with Crippen LogP contribution in [0.15, 0.2) is 230 Å². The Kier molecular flexibility index (Phi) is 9.71. The number of para-hydroxylation sites is 2. The first-order valence-corrected chi connectivity index (χ1v) is 29.7. The lowest BCUT2D eigenvalue weighted by atomic mass is 9.78. The Bertz CT molecular complexity index is 4990. The van der Waals surface area contributed by atoms with E-state index >= 15 is 0 Å². The molecule has 0 aliphatic rings. The van der Waals surface area contributed by atoms with Crippen molar-refractivity contribution < 1.29 is 29.9 Å². The molecule has 0 aliphatic heterocycles. The molecule has 82 heavy (non-hydrogen) atoms. The molecule has 0 N–H and O–H groups in total. The van der Waals surface area contributed by atoms with Crippen LogP contribution in [0.4, 0.5) is 0 Å². The fourth-order valence-corrected chi connectivity index (χ4v) is 15.0. The number of pyridine rings is 1. The highest BCUT2D eigenvalue weighted by Gasteiger charge is 2.42. The molecule has 3 heterocycles. The molecule has 3 aromatic heterocycles. The minimum Gasteiger partial charge on any atom is -0.458 e. The van der Waals surface area contributed by atoms with Crippen molar-refractivity contribution in [2.75, 3.05) is 0 Å². The van der Waals surface area contributed by atoms with Crippen LogP contribution in [0, 0.1) is 6.33 Å². The van der Waals surface area contributed by atoms with Crippen LogP contribution >= 0.6 is 0 Å². The lowest BCUT2D eigenvalue weighted by Gasteiger charge is -2.34. The van der Waals surface area contributed by atoms with Gasteiger partial charge in [0.15, 0.2) is 8.07 Å². The zero-order valence-corrected chi connectivity index (χ0v) is 49.5. The summed E-state index contributed by atoms with van der Waals surface area (Å²) in [6.07, 6.45) is 5.58. The first-order chi connectivity index (χ1) is 45.4. The Morgan fingerprint density at radius 2 is 1.06 bits per heavy atom. The van der Waals surface area contributed by atoms with Crippen molar-refractivity contribution in [1.29, 1.82) is 0 Å². The van der Waals surface area contributed by atoms with Gasteiger partial charge in [0.2, 0.25) is 0 Å². The molecule has 0 fully saturated rings. The lowest BCUT2D eigenvalue weighted by molar-refractivity contribution is -0.572. The Balaban J connectivity index is 1.21. The molecular weight excluding hydrogens is 1010 g/mol. The number of aromatic nitrogens is 4. The zero-order valence-electron chi connectivity index (χ0n) is 63.5. The van der Waals surface area contributed by atoms with E-state index in [0.717, 1.165) is 66.7 Å². The monoisotopic (exact) mass is 1100 g/mol. The van der Waals surface area contributed by atoms with Crippen LogP contribution in [0.3, 0.4) is 0 Å². The van der Waals surface area contributed by atoms with E-state index in [9.17, 15) is 16.4 Å². The second kappa shape index (κ2) is 20.4. The minimum atomic E-state index is -5.59. The van der Waals surface area contributed by atoms with Gasteiger partial charge in [0.25, 0.3) is 6.33 Å². The van der Waals surface area contributed by atoms with Crippen molar-refractivity contribution in [3.8, 4) is 39.8 Å². The topological polar surface area (TPSA) is 35.9 Å². The minimum absolute atomic E-state index is 0.0499. The Morgan fingerprint density at radius 1 is 0.476 bits per heavy atom. The van der Waals surface area contributed by atoms with E-state index in [1.807, 2.05) is 77.5 Å². The van der Waals surface area contributed by atoms with Crippen LogP contribution in [0.5, 0.6) is 11.5 Å². The van der Waals surface area contributed by atoms with Crippen LogP contribution in [-0.2, 0) is 21.7 Å². The van der Waals surface area contributed by atoms with Gasteiger partial charge in [-0.3, -0.25) is 13.7 Å². The van der Waals surface area contributed by atoms with Crippen LogP contribution in [0.25, 0.3) is 61.2 Å². The number of fused-ring (bicyclic) bond motifs is 4. The van der Waals surface area contributed by atoms with Gasteiger partial charge in [-0.15, -0.1) is 0 Å². The molecule has 0 amide bonds. The van der Waals surface area contributed by atoms with E-state index in [-0.39, 0.29) is 21.4 Å². The maximum absolute atomic E-state index is 9.87. The largest absolute Gasteiger partial charge is 0.458 e. The molecule has 0 unspecified atom stereocenters. The summed E-state index contributed by atoms with van der Waals surface area (Å²) in [5.74, 6) is 1.64. The number of hydrogen-bond donors (Lipinski definition) is 0. The number of imidazole rings is 1. The summed E-state index contributed by atoms with van der Waals surface area (Å²) in [4.78, 5) is 4.89. The third-order valence-electron chi connectivity index (χ3n) is 15.6. The molecule has 0 atom stereocenters. The Labute approximate surface area is 507 Å². The maximum atomic E-state index is 9.87. The molecule has 0 aliphatic carbocycles. The van der Waals surface area contributed by atoms with Crippen molar-refractivity contribution >= 4 is 61.7 Å². The smallest absolute Gasteiger partial charge is 0.269 e. The highest BCUT2D eigenvalue weighted by molar-refractivity contribution is 7.20. The van der Waals surface area contributed by atoms with E-state index in [1.54, 1.807) is 22.8 Å². The van der Waals surface area contributed by atoms with Gasteiger partial charge in [0, 0.05) is 23.0 Å². The van der Waals surface area contributed by atoms with Gasteiger partial charge in [0.1, 0.15) is 17.3 Å². The first kappa shape index (κ1) is 39.0. The van der Waals surface area contributed by atoms with E-state index < -0.39 is 120 Å². The van der Waals surface area contributed by atoms with Gasteiger partial charge in [-0.2, -0.15) is 0 Å². The number of ether oxygens (including phenoxy) is 1. The Hall–Kier alpha value is -8.58. The van der Waals surface area contributed by atoms with Crippen molar-refractivity contribution in [3.05, 3.63) is 259 Å². The Morgan fingerprint density at radius 3 is 1.67 bits per heavy atom.